The molecule has 0 bridgehead atoms. The number of aromatic nitrogens is 3. The van der Waals surface area contributed by atoms with E-state index in [0.717, 1.165) is 33.8 Å². The van der Waals surface area contributed by atoms with E-state index in [2.05, 4.69) is 33.2 Å². The second kappa shape index (κ2) is 6.40. The van der Waals surface area contributed by atoms with Crippen LogP contribution in [0.4, 0.5) is 0 Å². The van der Waals surface area contributed by atoms with Crippen molar-refractivity contribution in [3.63, 3.8) is 0 Å². The predicted octanol–water partition coefficient (Wildman–Crippen LogP) is 5.08. The number of ether oxygens (including phenoxy) is 1. The van der Waals surface area contributed by atoms with Crippen LogP contribution in [-0.4, -0.2) is 21.1 Å². The highest BCUT2D eigenvalue weighted by Crippen LogP contribution is 2.26. The molecule has 0 aliphatic rings. The molecule has 0 amide bonds. The van der Waals surface area contributed by atoms with Gasteiger partial charge in [-0.15, -0.1) is 0 Å². The number of nitrogens with one attached hydrogen (secondary N) is 1. The van der Waals surface area contributed by atoms with E-state index in [1.54, 1.807) is 0 Å². The van der Waals surface area contributed by atoms with Gasteiger partial charge in [0.2, 0.25) is 0 Å². The Morgan fingerprint density at radius 2 is 1.68 bits per heavy atom. The fraction of sp³-hybridized carbons (Fsp3) is 0.143. The van der Waals surface area contributed by atoms with Gasteiger partial charge in [0.15, 0.2) is 5.65 Å². The molecular weight excluding hydrogens is 310 g/mol. The van der Waals surface area contributed by atoms with Crippen LogP contribution in [0.3, 0.4) is 0 Å². The number of pyridine rings is 1. The van der Waals surface area contributed by atoms with Gasteiger partial charge in [0.25, 0.3) is 0 Å². The standard InChI is InChI=1S/C21H19N3O/c1-14(2)25-18-10-6-9-16(11-18)20-23-19-12-17(13-22-21(19)24-20)15-7-4-3-5-8-15/h3-14H,1-2H3,(H,22,23,24). The third-order valence-electron chi connectivity index (χ3n) is 3.92. The summed E-state index contributed by atoms with van der Waals surface area (Å²) in [5.74, 6) is 1.63. The van der Waals surface area contributed by atoms with Gasteiger partial charge in [-0.1, -0.05) is 42.5 Å². The first-order valence-corrected chi connectivity index (χ1v) is 8.37. The number of nitrogens with zero attached hydrogens (tertiary/aromatic N) is 2. The monoisotopic (exact) mass is 329 g/mol. The van der Waals surface area contributed by atoms with E-state index in [1.165, 1.54) is 0 Å². The third-order valence-corrected chi connectivity index (χ3v) is 3.92. The van der Waals surface area contributed by atoms with E-state index in [1.807, 2.05) is 62.5 Å². The number of H-pyrrole nitrogens is 1. The number of hydrogen-bond acceptors (Lipinski definition) is 3. The Morgan fingerprint density at radius 3 is 2.48 bits per heavy atom. The predicted molar refractivity (Wildman–Crippen MR) is 101 cm³/mol. The topological polar surface area (TPSA) is 50.8 Å². The summed E-state index contributed by atoms with van der Waals surface area (Å²) in [5.41, 5.74) is 4.83. The molecule has 0 aliphatic heterocycles. The van der Waals surface area contributed by atoms with Crippen LogP contribution in [-0.2, 0) is 0 Å². The second-order valence-electron chi connectivity index (χ2n) is 6.24. The highest BCUT2D eigenvalue weighted by Gasteiger charge is 2.09. The molecule has 4 aromatic rings. The summed E-state index contributed by atoms with van der Waals surface area (Å²) < 4.78 is 5.77. The zero-order chi connectivity index (χ0) is 17.2. The van der Waals surface area contributed by atoms with Crippen molar-refractivity contribution in [2.75, 3.05) is 0 Å². The Bertz CT molecular complexity index is 1010. The molecule has 124 valence electrons. The van der Waals surface area contributed by atoms with Gasteiger partial charge in [0, 0.05) is 17.3 Å². The van der Waals surface area contributed by atoms with Gasteiger partial charge in [-0.25, -0.2) is 9.97 Å². The number of aromatic amines is 1. The molecule has 4 heteroatoms. The molecule has 0 aliphatic carbocycles. The van der Waals surface area contributed by atoms with Crippen molar-refractivity contribution in [2.45, 2.75) is 20.0 Å². The highest BCUT2D eigenvalue weighted by atomic mass is 16.5. The number of hydrogen-bond donors (Lipinski definition) is 1. The fourth-order valence-corrected chi connectivity index (χ4v) is 2.81. The lowest BCUT2D eigenvalue weighted by Gasteiger charge is -2.10. The lowest BCUT2D eigenvalue weighted by atomic mass is 10.1. The highest BCUT2D eigenvalue weighted by molar-refractivity contribution is 5.81. The first kappa shape index (κ1) is 15.4. The summed E-state index contributed by atoms with van der Waals surface area (Å²) in [5, 5.41) is 0. The molecule has 4 nitrogen and oxygen atoms in total. The van der Waals surface area contributed by atoms with Crippen molar-refractivity contribution < 1.29 is 4.74 Å². The van der Waals surface area contributed by atoms with Gasteiger partial charge in [-0.3, -0.25) is 0 Å². The molecule has 0 saturated heterocycles. The summed E-state index contributed by atoms with van der Waals surface area (Å²) in [6.07, 6.45) is 2.00. The van der Waals surface area contributed by atoms with Crippen LogP contribution < -0.4 is 4.74 Å². The van der Waals surface area contributed by atoms with Crippen LogP contribution in [0, 0.1) is 0 Å². The molecule has 4 rings (SSSR count). The summed E-state index contributed by atoms with van der Waals surface area (Å²) in [6.45, 7) is 4.03. The van der Waals surface area contributed by atoms with Crippen LogP contribution in [0.2, 0.25) is 0 Å². The third kappa shape index (κ3) is 3.24. The Hall–Kier alpha value is -3.14. The molecule has 25 heavy (non-hydrogen) atoms. The van der Waals surface area contributed by atoms with Crippen molar-refractivity contribution >= 4 is 11.2 Å². The number of rotatable bonds is 4. The lowest BCUT2D eigenvalue weighted by molar-refractivity contribution is 0.242. The lowest BCUT2D eigenvalue weighted by Crippen LogP contribution is -2.05. The maximum Gasteiger partial charge on any atom is 0.178 e. The number of imidazole rings is 1. The van der Waals surface area contributed by atoms with E-state index in [-0.39, 0.29) is 6.10 Å². The molecule has 0 spiro atoms. The minimum absolute atomic E-state index is 0.140. The van der Waals surface area contributed by atoms with Gasteiger partial charge in [-0.2, -0.15) is 0 Å². The van der Waals surface area contributed by atoms with Gasteiger partial charge < -0.3 is 9.72 Å². The second-order valence-corrected chi connectivity index (χ2v) is 6.24. The van der Waals surface area contributed by atoms with Crippen molar-refractivity contribution in [3.05, 3.63) is 66.9 Å². The van der Waals surface area contributed by atoms with Crippen LogP contribution in [0.1, 0.15) is 13.8 Å². The Kier molecular flexibility index (Phi) is 3.94. The normalized spacial score (nSPS) is 11.2. The quantitative estimate of drug-likeness (QED) is 0.568. The van der Waals surface area contributed by atoms with Crippen LogP contribution in [0.15, 0.2) is 66.9 Å². The minimum atomic E-state index is 0.140. The molecule has 2 heterocycles. The van der Waals surface area contributed by atoms with E-state index < -0.39 is 0 Å². The van der Waals surface area contributed by atoms with Gasteiger partial charge in [0.1, 0.15) is 11.6 Å². The van der Waals surface area contributed by atoms with Crippen molar-refractivity contribution in [1.82, 2.24) is 15.0 Å². The van der Waals surface area contributed by atoms with E-state index >= 15 is 0 Å². The molecule has 2 aromatic heterocycles. The van der Waals surface area contributed by atoms with Crippen LogP contribution >= 0.6 is 0 Å². The van der Waals surface area contributed by atoms with Crippen molar-refractivity contribution in [2.24, 2.45) is 0 Å². The molecule has 0 unspecified atom stereocenters. The Labute approximate surface area is 146 Å². The summed E-state index contributed by atoms with van der Waals surface area (Å²) in [6, 6.07) is 20.2. The molecular formula is C21H19N3O. The average Bonchev–Trinajstić information content (AvgIpc) is 3.05. The SMILES string of the molecule is CC(C)Oc1cccc(-c2nc3ncc(-c4ccccc4)cc3[nH]2)c1. The largest absolute Gasteiger partial charge is 0.491 e. The van der Waals surface area contributed by atoms with Gasteiger partial charge in [0.05, 0.1) is 11.6 Å². The van der Waals surface area contributed by atoms with E-state index in [0.29, 0.717) is 5.65 Å². The first-order valence-electron chi connectivity index (χ1n) is 8.37. The smallest absolute Gasteiger partial charge is 0.178 e. The van der Waals surface area contributed by atoms with E-state index in [4.69, 9.17) is 4.74 Å². The number of fused-ring (bicyclic) bond motifs is 1. The summed E-state index contributed by atoms with van der Waals surface area (Å²) in [7, 11) is 0. The molecule has 0 radical (unpaired) electrons. The van der Waals surface area contributed by atoms with Gasteiger partial charge >= 0.3 is 0 Å². The molecule has 0 saturated carbocycles. The number of benzene rings is 2. The summed E-state index contributed by atoms with van der Waals surface area (Å²) in [4.78, 5) is 12.5. The maximum atomic E-state index is 5.77. The molecule has 2 aromatic carbocycles. The molecule has 1 N–H and O–H groups in total. The molecule has 0 atom stereocenters. The molecule has 0 fully saturated rings. The first-order chi connectivity index (χ1) is 12.2. The zero-order valence-corrected chi connectivity index (χ0v) is 14.2. The Balaban J connectivity index is 1.72. The minimum Gasteiger partial charge on any atom is -0.491 e. The zero-order valence-electron chi connectivity index (χ0n) is 14.2. The van der Waals surface area contributed by atoms with Crippen molar-refractivity contribution in [1.29, 1.82) is 0 Å². The van der Waals surface area contributed by atoms with Crippen molar-refractivity contribution in [3.8, 4) is 28.3 Å². The van der Waals surface area contributed by atoms with Crippen LogP contribution in [0.5, 0.6) is 5.75 Å². The van der Waals surface area contributed by atoms with Gasteiger partial charge in [-0.05, 0) is 37.6 Å². The van der Waals surface area contributed by atoms with Crippen LogP contribution in [0.25, 0.3) is 33.7 Å². The Morgan fingerprint density at radius 1 is 0.880 bits per heavy atom. The summed E-state index contributed by atoms with van der Waals surface area (Å²) >= 11 is 0. The maximum absolute atomic E-state index is 5.77. The fourth-order valence-electron chi connectivity index (χ4n) is 2.81. The average molecular weight is 329 g/mol. The van der Waals surface area contributed by atoms with E-state index in [9.17, 15) is 0 Å².